The van der Waals surface area contributed by atoms with Crippen LogP contribution < -0.4 is 21.1 Å². The summed E-state index contributed by atoms with van der Waals surface area (Å²) in [6.07, 6.45) is 10.0. The lowest BCUT2D eigenvalue weighted by Gasteiger charge is -2.24. The number of ether oxygens (including phenoxy) is 2. The SMILES string of the molecule is CCCCn1cnc(OC/C(=C(/N)c2ccc(OC3CCCCC3)c(C)n2)N(C)N)n1. The number of unbranched alkanes of at least 4 members (excludes halogenated alkanes) is 1. The van der Waals surface area contributed by atoms with Crippen molar-refractivity contribution in [2.45, 2.75) is 71.4 Å². The Bertz CT molecular complexity index is 872. The van der Waals surface area contributed by atoms with Crippen molar-refractivity contribution in [3.63, 3.8) is 0 Å². The maximum Gasteiger partial charge on any atom is 0.335 e. The van der Waals surface area contributed by atoms with Crippen molar-refractivity contribution in [1.82, 2.24) is 24.8 Å². The van der Waals surface area contributed by atoms with Gasteiger partial charge in [0.15, 0.2) is 0 Å². The van der Waals surface area contributed by atoms with Crippen LogP contribution in [0.3, 0.4) is 0 Å². The summed E-state index contributed by atoms with van der Waals surface area (Å²) < 4.78 is 13.7. The monoisotopic (exact) mass is 429 g/mol. The average molecular weight is 430 g/mol. The van der Waals surface area contributed by atoms with E-state index in [9.17, 15) is 0 Å². The molecule has 0 amide bonds. The van der Waals surface area contributed by atoms with Crippen molar-refractivity contribution in [3.05, 3.63) is 35.5 Å². The Morgan fingerprint density at radius 3 is 2.71 bits per heavy atom. The normalized spacial score (nSPS) is 15.5. The summed E-state index contributed by atoms with van der Waals surface area (Å²) in [6.45, 7) is 5.02. The van der Waals surface area contributed by atoms with Crippen LogP contribution in [-0.4, -0.2) is 44.5 Å². The van der Waals surface area contributed by atoms with Crippen molar-refractivity contribution in [3.8, 4) is 11.8 Å². The Labute approximate surface area is 184 Å². The minimum absolute atomic E-state index is 0.137. The molecule has 2 aromatic heterocycles. The number of pyridine rings is 1. The molecular weight excluding hydrogens is 394 g/mol. The standard InChI is InChI=1S/C22H35N7O2/c1-4-5-13-29-15-25-22(27-29)30-14-19(28(3)24)21(23)18-11-12-20(16(2)26-18)31-17-9-7-6-8-10-17/h11-12,15,17H,4-10,13-14,23-24H2,1-3H3/b21-19-. The van der Waals surface area contributed by atoms with Crippen LogP contribution in [-0.2, 0) is 6.54 Å². The molecule has 1 aliphatic rings. The second kappa shape index (κ2) is 11.0. The molecule has 0 aromatic carbocycles. The lowest BCUT2D eigenvalue weighted by molar-refractivity contribution is 0.153. The number of hydrogen-bond donors (Lipinski definition) is 2. The molecule has 0 spiro atoms. The average Bonchev–Trinajstić information content (AvgIpc) is 3.22. The van der Waals surface area contributed by atoms with Gasteiger partial charge in [-0.1, -0.05) is 19.8 Å². The topological polar surface area (TPSA) is 117 Å². The van der Waals surface area contributed by atoms with Gasteiger partial charge in [-0.2, -0.15) is 4.98 Å². The molecule has 0 bridgehead atoms. The van der Waals surface area contributed by atoms with Crippen LogP contribution in [0.1, 0.15) is 63.3 Å². The number of aromatic nitrogens is 4. The highest BCUT2D eigenvalue weighted by molar-refractivity contribution is 5.63. The zero-order valence-electron chi connectivity index (χ0n) is 18.9. The summed E-state index contributed by atoms with van der Waals surface area (Å²) in [5, 5.41) is 5.76. The fraction of sp³-hybridized carbons (Fsp3) is 0.591. The van der Waals surface area contributed by atoms with Crippen molar-refractivity contribution in [1.29, 1.82) is 0 Å². The smallest absolute Gasteiger partial charge is 0.335 e. The van der Waals surface area contributed by atoms with E-state index in [1.165, 1.54) is 24.3 Å². The number of aryl methyl sites for hydroxylation is 2. The zero-order valence-corrected chi connectivity index (χ0v) is 18.9. The lowest BCUT2D eigenvalue weighted by Crippen LogP contribution is -2.31. The first-order valence-corrected chi connectivity index (χ1v) is 11.1. The van der Waals surface area contributed by atoms with E-state index in [-0.39, 0.29) is 12.7 Å². The Morgan fingerprint density at radius 1 is 1.26 bits per heavy atom. The Kier molecular flexibility index (Phi) is 8.11. The molecule has 31 heavy (non-hydrogen) atoms. The van der Waals surface area contributed by atoms with Gasteiger partial charge >= 0.3 is 6.01 Å². The van der Waals surface area contributed by atoms with Crippen molar-refractivity contribution >= 4 is 5.70 Å². The lowest BCUT2D eigenvalue weighted by atomic mass is 9.98. The molecule has 9 nitrogen and oxygen atoms in total. The zero-order chi connectivity index (χ0) is 22.2. The van der Waals surface area contributed by atoms with Crippen LogP contribution in [0.2, 0.25) is 0 Å². The molecule has 0 saturated heterocycles. The number of hydrazine groups is 1. The molecule has 0 atom stereocenters. The molecule has 170 valence electrons. The summed E-state index contributed by atoms with van der Waals surface area (Å²) in [5.41, 5.74) is 8.89. The van der Waals surface area contributed by atoms with E-state index in [1.807, 2.05) is 19.1 Å². The first-order valence-electron chi connectivity index (χ1n) is 11.1. The van der Waals surface area contributed by atoms with Gasteiger partial charge in [-0.3, -0.25) is 0 Å². The number of hydrogen-bond acceptors (Lipinski definition) is 8. The van der Waals surface area contributed by atoms with E-state index in [4.69, 9.17) is 21.1 Å². The summed E-state index contributed by atoms with van der Waals surface area (Å²) in [4.78, 5) is 8.84. The van der Waals surface area contributed by atoms with Crippen LogP contribution >= 0.6 is 0 Å². The molecule has 0 radical (unpaired) electrons. The van der Waals surface area contributed by atoms with Crippen LogP contribution in [0.4, 0.5) is 0 Å². The first-order chi connectivity index (χ1) is 15.0. The van der Waals surface area contributed by atoms with E-state index in [2.05, 4.69) is 22.0 Å². The molecular formula is C22H35N7O2. The minimum atomic E-state index is 0.137. The third kappa shape index (κ3) is 6.33. The molecule has 2 aromatic rings. The van der Waals surface area contributed by atoms with E-state index < -0.39 is 0 Å². The Balaban J connectivity index is 1.69. The Hall–Kier alpha value is -2.81. The van der Waals surface area contributed by atoms with Crippen molar-refractivity contribution < 1.29 is 9.47 Å². The van der Waals surface area contributed by atoms with Crippen LogP contribution in [0.15, 0.2) is 24.2 Å². The second-order valence-corrected chi connectivity index (χ2v) is 8.06. The first kappa shape index (κ1) is 22.9. The van der Waals surface area contributed by atoms with Gasteiger partial charge in [-0.15, -0.1) is 5.10 Å². The molecule has 4 N–H and O–H groups in total. The number of rotatable bonds is 10. The van der Waals surface area contributed by atoms with Gasteiger partial charge in [0.1, 0.15) is 18.7 Å². The van der Waals surface area contributed by atoms with Gasteiger partial charge < -0.3 is 20.2 Å². The predicted molar refractivity (Wildman–Crippen MR) is 120 cm³/mol. The highest BCUT2D eigenvalue weighted by atomic mass is 16.5. The molecule has 0 unspecified atom stereocenters. The van der Waals surface area contributed by atoms with E-state index in [0.717, 1.165) is 43.7 Å². The van der Waals surface area contributed by atoms with E-state index in [0.29, 0.717) is 23.1 Å². The molecule has 9 heteroatoms. The van der Waals surface area contributed by atoms with Gasteiger partial charge in [0, 0.05) is 13.6 Å². The molecule has 3 rings (SSSR count). The molecule has 2 heterocycles. The summed E-state index contributed by atoms with van der Waals surface area (Å²) in [5.74, 6) is 6.83. The molecule has 0 aliphatic heterocycles. The van der Waals surface area contributed by atoms with E-state index >= 15 is 0 Å². The highest BCUT2D eigenvalue weighted by Crippen LogP contribution is 2.26. The maximum absolute atomic E-state index is 6.41. The van der Waals surface area contributed by atoms with Crippen molar-refractivity contribution in [2.75, 3.05) is 13.7 Å². The fourth-order valence-electron chi connectivity index (χ4n) is 3.61. The quantitative estimate of drug-likeness (QED) is 0.437. The number of nitrogens with two attached hydrogens (primary N) is 2. The summed E-state index contributed by atoms with van der Waals surface area (Å²) >= 11 is 0. The second-order valence-electron chi connectivity index (χ2n) is 8.06. The van der Waals surface area contributed by atoms with E-state index in [1.54, 1.807) is 18.1 Å². The van der Waals surface area contributed by atoms with Gasteiger partial charge in [0.25, 0.3) is 0 Å². The summed E-state index contributed by atoms with van der Waals surface area (Å²) in [7, 11) is 1.71. The maximum atomic E-state index is 6.41. The van der Waals surface area contributed by atoms with Crippen molar-refractivity contribution in [2.24, 2.45) is 11.6 Å². The third-order valence-corrected chi connectivity index (χ3v) is 5.49. The van der Waals surface area contributed by atoms with Crippen LogP contribution in [0.5, 0.6) is 11.8 Å². The molecule has 1 aliphatic carbocycles. The molecule has 1 saturated carbocycles. The number of nitrogens with zero attached hydrogens (tertiary/aromatic N) is 5. The minimum Gasteiger partial charge on any atom is -0.489 e. The Morgan fingerprint density at radius 2 is 2.03 bits per heavy atom. The molecule has 1 fully saturated rings. The highest BCUT2D eigenvalue weighted by Gasteiger charge is 2.18. The van der Waals surface area contributed by atoms with Gasteiger partial charge in [0.2, 0.25) is 0 Å². The fourth-order valence-corrected chi connectivity index (χ4v) is 3.61. The number of likely N-dealkylation sites (N-methyl/N-ethyl adjacent to an activating group) is 1. The van der Waals surface area contributed by atoms with Crippen LogP contribution in [0.25, 0.3) is 5.70 Å². The van der Waals surface area contributed by atoms with Gasteiger partial charge in [-0.05, 0) is 51.2 Å². The predicted octanol–water partition coefficient (Wildman–Crippen LogP) is 3.00. The third-order valence-electron chi connectivity index (χ3n) is 5.49. The van der Waals surface area contributed by atoms with Crippen LogP contribution in [0, 0.1) is 6.92 Å². The summed E-state index contributed by atoms with van der Waals surface area (Å²) in [6, 6.07) is 4.09. The van der Waals surface area contributed by atoms with Gasteiger partial charge in [-0.25, -0.2) is 15.5 Å². The largest absolute Gasteiger partial charge is 0.489 e. The van der Waals surface area contributed by atoms with Gasteiger partial charge in [0.05, 0.1) is 28.9 Å².